The van der Waals surface area contributed by atoms with Gasteiger partial charge < -0.3 is 4.74 Å². The first-order chi connectivity index (χ1) is 8.17. The molecule has 0 fully saturated rings. The molecule has 1 rings (SSSR count). The standard InChI is InChI=1S/C14H22ClNO/c1-12(2)16(10-4-9-15)11-13-5-7-14(17-3)8-6-13/h5-8,12H,4,9-11H2,1-3H3. The molecule has 0 unspecified atom stereocenters. The third-order valence-electron chi connectivity index (χ3n) is 2.85. The summed E-state index contributed by atoms with van der Waals surface area (Å²) >= 11 is 5.75. The van der Waals surface area contributed by atoms with Gasteiger partial charge in [0.15, 0.2) is 0 Å². The average Bonchev–Trinajstić information content (AvgIpc) is 2.35. The zero-order valence-electron chi connectivity index (χ0n) is 10.9. The number of nitrogens with zero attached hydrogens (tertiary/aromatic N) is 1. The number of methoxy groups -OCH3 is 1. The first-order valence-corrected chi connectivity index (χ1v) is 6.63. The van der Waals surface area contributed by atoms with Crippen LogP contribution in [0.25, 0.3) is 0 Å². The molecule has 3 heteroatoms. The van der Waals surface area contributed by atoms with Gasteiger partial charge in [-0.05, 0) is 44.5 Å². The Labute approximate surface area is 110 Å². The van der Waals surface area contributed by atoms with E-state index in [0.29, 0.717) is 6.04 Å². The number of alkyl halides is 1. The summed E-state index contributed by atoms with van der Waals surface area (Å²) in [5.41, 5.74) is 1.31. The Hall–Kier alpha value is -0.730. The molecule has 0 aliphatic carbocycles. The summed E-state index contributed by atoms with van der Waals surface area (Å²) in [5, 5.41) is 0. The van der Waals surface area contributed by atoms with Crippen LogP contribution >= 0.6 is 11.6 Å². The van der Waals surface area contributed by atoms with Crippen molar-refractivity contribution in [3.05, 3.63) is 29.8 Å². The van der Waals surface area contributed by atoms with Crippen LogP contribution in [0.1, 0.15) is 25.8 Å². The molecule has 0 radical (unpaired) electrons. The molecule has 17 heavy (non-hydrogen) atoms. The van der Waals surface area contributed by atoms with Gasteiger partial charge in [-0.2, -0.15) is 0 Å². The third-order valence-corrected chi connectivity index (χ3v) is 3.12. The van der Waals surface area contributed by atoms with Crippen LogP contribution in [0.3, 0.4) is 0 Å². The van der Waals surface area contributed by atoms with Crippen LogP contribution in [-0.4, -0.2) is 30.5 Å². The smallest absolute Gasteiger partial charge is 0.118 e. The van der Waals surface area contributed by atoms with Crippen LogP contribution < -0.4 is 4.74 Å². The number of rotatable bonds is 7. The SMILES string of the molecule is COc1ccc(CN(CCCCl)C(C)C)cc1. The summed E-state index contributed by atoms with van der Waals surface area (Å²) in [4.78, 5) is 2.43. The predicted molar refractivity (Wildman–Crippen MR) is 73.9 cm³/mol. The van der Waals surface area contributed by atoms with E-state index in [9.17, 15) is 0 Å². The van der Waals surface area contributed by atoms with Crippen molar-refractivity contribution in [1.82, 2.24) is 4.90 Å². The molecule has 0 saturated carbocycles. The van der Waals surface area contributed by atoms with Crippen molar-refractivity contribution in [2.75, 3.05) is 19.5 Å². The zero-order valence-corrected chi connectivity index (χ0v) is 11.7. The second-order valence-corrected chi connectivity index (χ2v) is 4.83. The minimum Gasteiger partial charge on any atom is -0.497 e. The van der Waals surface area contributed by atoms with Gasteiger partial charge in [0.1, 0.15) is 5.75 Å². The fourth-order valence-electron chi connectivity index (χ4n) is 1.75. The summed E-state index contributed by atoms with van der Waals surface area (Å²) in [5.74, 6) is 1.64. The van der Waals surface area contributed by atoms with Crippen molar-refractivity contribution in [1.29, 1.82) is 0 Å². The molecule has 0 heterocycles. The molecule has 96 valence electrons. The van der Waals surface area contributed by atoms with Gasteiger partial charge in [-0.1, -0.05) is 12.1 Å². The van der Waals surface area contributed by atoms with E-state index in [0.717, 1.165) is 31.1 Å². The van der Waals surface area contributed by atoms with Crippen molar-refractivity contribution < 1.29 is 4.74 Å². The van der Waals surface area contributed by atoms with Crippen molar-refractivity contribution in [2.24, 2.45) is 0 Å². The van der Waals surface area contributed by atoms with Crippen LogP contribution in [0.15, 0.2) is 24.3 Å². The molecule has 0 saturated heterocycles. The molecule has 0 bridgehead atoms. The quantitative estimate of drug-likeness (QED) is 0.691. The monoisotopic (exact) mass is 255 g/mol. The second-order valence-electron chi connectivity index (χ2n) is 4.45. The average molecular weight is 256 g/mol. The minimum atomic E-state index is 0.542. The molecular weight excluding hydrogens is 234 g/mol. The summed E-state index contributed by atoms with van der Waals surface area (Å²) in [7, 11) is 1.69. The van der Waals surface area contributed by atoms with E-state index in [2.05, 4.69) is 30.9 Å². The lowest BCUT2D eigenvalue weighted by atomic mass is 10.1. The maximum Gasteiger partial charge on any atom is 0.118 e. The van der Waals surface area contributed by atoms with Crippen molar-refractivity contribution in [2.45, 2.75) is 32.9 Å². The highest BCUT2D eigenvalue weighted by Crippen LogP contribution is 2.14. The Morgan fingerprint density at radius 1 is 1.24 bits per heavy atom. The fraction of sp³-hybridized carbons (Fsp3) is 0.571. The van der Waals surface area contributed by atoms with Crippen molar-refractivity contribution in [3.63, 3.8) is 0 Å². The van der Waals surface area contributed by atoms with Crippen LogP contribution in [-0.2, 0) is 6.54 Å². The molecule has 1 aromatic carbocycles. The Morgan fingerprint density at radius 3 is 2.35 bits per heavy atom. The van der Waals surface area contributed by atoms with Gasteiger partial charge in [0, 0.05) is 18.5 Å². The Bertz CT molecular complexity index is 311. The van der Waals surface area contributed by atoms with Crippen LogP contribution in [0.2, 0.25) is 0 Å². The lowest BCUT2D eigenvalue weighted by molar-refractivity contribution is 0.213. The van der Waals surface area contributed by atoms with E-state index in [1.54, 1.807) is 7.11 Å². The van der Waals surface area contributed by atoms with Gasteiger partial charge in [0.05, 0.1) is 7.11 Å². The number of benzene rings is 1. The largest absolute Gasteiger partial charge is 0.497 e. The van der Waals surface area contributed by atoms with Crippen LogP contribution in [0.5, 0.6) is 5.75 Å². The normalized spacial score (nSPS) is 11.2. The van der Waals surface area contributed by atoms with Crippen LogP contribution in [0.4, 0.5) is 0 Å². The van der Waals surface area contributed by atoms with E-state index < -0.39 is 0 Å². The van der Waals surface area contributed by atoms with E-state index in [1.807, 2.05) is 12.1 Å². The van der Waals surface area contributed by atoms with Crippen LogP contribution in [0, 0.1) is 0 Å². The minimum absolute atomic E-state index is 0.542. The first-order valence-electron chi connectivity index (χ1n) is 6.10. The van der Waals surface area contributed by atoms with E-state index in [1.165, 1.54) is 5.56 Å². The Kier molecular flexibility index (Phi) is 6.38. The Morgan fingerprint density at radius 2 is 1.88 bits per heavy atom. The van der Waals surface area contributed by atoms with Gasteiger partial charge in [-0.15, -0.1) is 11.6 Å². The van der Waals surface area contributed by atoms with E-state index >= 15 is 0 Å². The van der Waals surface area contributed by atoms with Gasteiger partial charge in [0.2, 0.25) is 0 Å². The van der Waals surface area contributed by atoms with E-state index in [4.69, 9.17) is 16.3 Å². The lowest BCUT2D eigenvalue weighted by Gasteiger charge is -2.26. The lowest BCUT2D eigenvalue weighted by Crippen LogP contribution is -2.31. The number of ether oxygens (including phenoxy) is 1. The van der Waals surface area contributed by atoms with Gasteiger partial charge >= 0.3 is 0 Å². The molecule has 1 aromatic rings. The second kappa shape index (κ2) is 7.57. The highest BCUT2D eigenvalue weighted by molar-refractivity contribution is 6.17. The number of halogens is 1. The third kappa shape index (κ3) is 4.97. The summed E-state index contributed by atoms with van der Waals surface area (Å²) < 4.78 is 5.16. The predicted octanol–water partition coefficient (Wildman–Crippen LogP) is 3.53. The number of hydrogen-bond acceptors (Lipinski definition) is 2. The van der Waals surface area contributed by atoms with Gasteiger partial charge in [0.25, 0.3) is 0 Å². The maximum atomic E-state index is 5.75. The summed E-state index contributed by atoms with van der Waals surface area (Å²) in [6.07, 6.45) is 1.04. The molecular formula is C14H22ClNO. The van der Waals surface area contributed by atoms with E-state index in [-0.39, 0.29) is 0 Å². The summed E-state index contributed by atoms with van der Waals surface area (Å²) in [6.45, 7) is 6.46. The molecule has 0 N–H and O–H groups in total. The Balaban J connectivity index is 2.58. The molecule has 2 nitrogen and oxygen atoms in total. The molecule has 0 atom stereocenters. The topological polar surface area (TPSA) is 12.5 Å². The highest BCUT2D eigenvalue weighted by atomic mass is 35.5. The molecule has 0 spiro atoms. The van der Waals surface area contributed by atoms with Gasteiger partial charge in [-0.25, -0.2) is 0 Å². The molecule has 0 aliphatic rings. The summed E-state index contributed by atoms with van der Waals surface area (Å²) in [6, 6.07) is 8.80. The number of hydrogen-bond donors (Lipinski definition) is 0. The molecule has 0 aliphatic heterocycles. The zero-order chi connectivity index (χ0) is 12.7. The van der Waals surface area contributed by atoms with Crippen molar-refractivity contribution in [3.8, 4) is 5.75 Å². The molecule has 0 aromatic heterocycles. The maximum absolute atomic E-state index is 5.75. The molecule has 0 amide bonds. The van der Waals surface area contributed by atoms with Crippen molar-refractivity contribution >= 4 is 11.6 Å². The fourth-order valence-corrected chi connectivity index (χ4v) is 1.87. The first kappa shape index (κ1) is 14.3. The van der Waals surface area contributed by atoms with Gasteiger partial charge in [-0.3, -0.25) is 4.90 Å². The highest BCUT2D eigenvalue weighted by Gasteiger charge is 2.09.